The molecule has 72 valence electrons. The molecule has 1 aromatic heterocycles. The zero-order valence-corrected chi connectivity index (χ0v) is 7.87. The average Bonchev–Trinajstić information content (AvgIpc) is 2.17. The third-order valence-electron chi connectivity index (χ3n) is 2.26. The maximum Gasteiger partial charge on any atom is 0.128 e. The second kappa shape index (κ2) is 3.35. The Morgan fingerprint density at radius 2 is 2.14 bits per heavy atom. The van der Waals surface area contributed by atoms with Crippen molar-refractivity contribution in [2.24, 2.45) is 5.73 Å². The van der Waals surface area contributed by atoms with Gasteiger partial charge >= 0.3 is 0 Å². The van der Waals surface area contributed by atoms with Crippen molar-refractivity contribution in [3.05, 3.63) is 42.0 Å². The van der Waals surface area contributed by atoms with Gasteiger partial charge in [-0.15, -0.1) is 0 Å². The third kappa shape index (κ3) is 1.36. The zero-order chi connectivity index (χ0) is 10.1. The summed E-state index contributed by atoms with van der Waals surface area (Å²) >= 11 is 0. The Hall–Kier alpha value is -1.48. The zero-order valence-electron chi connectivity index (χ0n) is 7.87. The van der Waals surface area contributed by atoms with Crippen LogP contribution >= 0.6 is 0 Å². The van der Waals surface area contributed by atoms with E-state index in [1.54, 1.807) is 31.5 Å². The summed E-state index contributed by atoms with van der Waals surface area (Å²) in [5.41, 5.74) is 6.28. The van der Waals surface area contributed by atoms with Gasteiger partial charge < -0.3 is 5.73 Å². The standard InChI is InChI=1S/C11H11FN2/c1-7(13)11-9-4-5-14-6-8(9)2-3-10(11)12/h2-7H,13H2,1H3. The van der Waals surface area contributed by atoms with Gasteiger partial charge in [0.25, 0.3) is 0 Å². The highest BCUT2D eigenvalue weighted by atomic mass is 19.1. The summed E-state index contributed by atoms with van der Waals surface area (Å²) in [6.45, 7) is 1.78. The van der Waals surface area contributed by atoms with E-state index < -0.39 is 0 Å². The van der Waals surface area contributed by atoms with Crippen molar-refractivity contribution in [2.45, 2.75) is 13.0 Å². The minimum absolute atomic E-state index is 0.251. The number of fused-ring (bicyclic) bond motifs is 1. The van der Waals surface area contributed by atoms with Crippen LogP contribution in [0.25, 0.3) is 10.8 Å². The van der Waals surface area contributed by atoms with Crippen molar-refractivity contribution >= 4 is 10.8 Å². The number of nitrogens with two attached hydrogens (primary N) is 1. The van der Waals surface area contributed by atoms with E-state index in [0.717, 1.165) is 10.8 Å². The molecule has 2 aromatic rings. The monoisotopic (exact) mass is 190 g/mol. The van der Waals surface area contributed by atoms with Crippen LogP contribution in [-0.4, -0.2) is 4.98 Å². The first-order chi connectivity index (χ1) is 6.70. The second-order valence-corrected chi connectivity index (χ2v) is 3.35. The van der Waals surface area contributed by atoms with Crippen molar-refractivity contribution in [1.29, 1.82) is 0 Å². The van der Waals surface area contributed by atoms with Crippen molar-refractivity contribution < 1.29 is 4.39 Å². The van der Waals surface area contributed by atoms with E-state index in [4.69, 9.17) is 5.73 Å². The SMILES string of the molecule is CC(N)c1c(F)ccc2cnccc12. The lowest BCUT2D eigenvalue weighted by atomic mass is 10.0. The summed E-state index contributed by atoms with van der Waals surface area (Å²) in [5.74, 6) is -0.251. The molecule has 0 aliphatic heterocycles. The van der Waals surface area contributed by atoms with Crippen LogP contribution in [0.3, 0.4) is 0 Å². The highest BCUT2D eigenvalue weighted by Gasteiger charge is 2.10. The molecule has 2 rings (SSSR count). The number of nitrogens with zero attached hydrogens (tertiary/aromatic N) is 1. The minimum Gasteiger partial charge on any atom is -0.324 e. The van der Waals surface area contributed by atoms with Crippen LogP contribution in [0.15, 0.2) is 30.6 Å². The summed E-state index contributed by atoms with van der Waals surface area (Å²) < 4.78 is 13.5. The molecule has 1 heterocycles. The van der Waals surface area contributed by atoms with Gasteiger partial charge in [-0.05, 0) is 30.5 Å². The van der Waals surface area contributed by atoms with Gasteiger partial charge in [-0.3, -0.25) is 4.98 Å². The number of hydrogen-bond donors (Lipinski definition) is 1. The van der Waals surface area contributed by atoms with Crippen LogP contribution < -0.4 is 5.73 Å². The number of aromatic nitrogens is 1. The average molecular weight is 190 g/mol. The van der Waals surface area contributed by atoms with Crippen LogP contribution in [-0.2, 0) is 0 Å². The molecule has 0 radical (unpaired) electrons. The lowest BCUT2D eigenvalue weighted by Crippen LogP contribution is -2.08. The van der Waals surface area contributed by atoms with Crippen LogP contribution in [0.2, 0.25) is 0 Å². The highest BCUT2D eigenvalue weighted by Crippen LogP contribution is 2.24. The molecule has 0 spiro atoms. The Kier molecular flexibility index (Phi) is 2.17. The first-order valence-corrected chi connectivity index (χ1v) is 4.48. The summed E-state index contributed by atoms with van der Waals surface area (Å²) in [4.78, 5) is 3.98. The molecule has 0 saturated heterocycles. The van der Waals surface area contributed by atoms with Gasteiger partial charge in [0.2, 0.25) is 0 Å². The highest BCUT2D eigenvalue weighted by molar-refractivity contribution is 5.85. The third-order valence-corrected chi connectivity index (χ3v) is 2.26. The fraction of sp³-hybridized carbons (Fsp3) is 0.182. The molecule has 1 aromatic carbocycles. The minimum atomic E-state index is -0.305. The van der Waals surface area contributed by atoms with Gasteiger partial charge in [-0.25, -0.2) is 4.39 Å². The molecule has 1 atom stereocenters. The van der Waals surface area contributed by atoms with Crippen molar-refractivity contribution in [3.8, 4) is 0 Å². The fourth-order valence-corrected chi connectivity index (χ4v) is 1.63. The van der Waals surface area contributed by atoms with Gasteiger partial charge in [0.15, 0.2) is 0 Å². The van der Waals surface area contributed by atoms with Gasteiger partial charge in [0.1, 0.15) is 5.82 Å². The van der Waals surface area contributed by atoms with Crippen LogP contribution in [0.1, 0.15) is 18.5 Å². The van der Waals surface area contributed by atoms with Crippen LogP contribution in [0, 0.1) is 5.82 Å². The number of halogens is 1. The lowest BCUT2D eigenvalue weighted by Gasteiger charge is -2.10. The lowest BCUT2D eigenvalue weighted by molar-refractivity contribution is 0.597. The predicted octanol–water partition coefficient (Wildman–Crippen LogP) is 2.39. The number of benzene rings is 1. The van der Waals surface area contributed by atoms with E-state index in [2.05, 4.69) is 4.98 Å². The number of hydrogen-bond acceptors (Lipinski definition) is 2. The second-order valence-electron chi connectivity index (χ2n) is 3.35. The fourth-order valence-electron chi connectivity index (χ4n) is 1.63. The largest absolute Gasteiger partial charge is 0.324 e. The molecule has 2 N–H and O–H groups in total. The topological polar surface area (TPSA) is 38.9 Å². The van der Waals surface area contributed by atoms with Gasteiger partial charge in [0.05, 0.1) is 0 Å². The predicted molar refractivity (Wildman–Crippen MR) is 54.3 cm³/mol. The normalized spacial score (nSPS) is 13.1. The molecular formula is C11H11FN2. The number of pyridine rings is 1. The van der Waals surface area contributed by atoms with Crippen LogP contribution in [0.5, 0.6) is 0 Å². The maximum absolute atomic E-state index is 13.5. The Morgan fingerprint density at radius 1 is 1.36 bits per heavy atom. The van der Waals surface area contributed by atoms with E-state index in [9.17, 15) is 4.39 Å². The van der Waals surface area contributed by atoms with Gasteiger partial charge in [-0.1, -0.05) is 0 Å². The van der Waals surface area contributed by atoms with E-state index in [-0.39, 0.29) is 11.9 Å². The molecule has 0 aliphatic carbocycles. The molecule has 0 aliphatic rings. The summed E-state index contributed by atoms with van der Waals surface area (Å²) in [6, 6.07) is 4.63. The maximum atomic E-state index is 13.5. The smallest absolute Gasteiger partial charge is 0.128 e. The molecule has 2 nitrogen and oxygen atoms in total. The molecule has 0 fully saturated rings. The Morgan fingerprint density at radius 3 is 2.86 bits per heavy atom. The number of rotatable bonds is 1. The quantitative estimate of drug-likeness (QED) is 0.749. The molecule has 3 heteroatoms. The van der Waals surface area contributed by atoms with Gasteiger partial charge in [-0.2, -0.15) is 0 Å². The molecule has 14 heavy (non-hydrogen) atoms. The van der Waals surface area contributed by atoms with Crippen molar-refractivity contribution in [3.63, 3.8) is 0 Å². The van der Waals surface area contributed by atoms with Crippen molar-refractivity contribution in [1.82, 2.24) is 4.98 Å². The first kappa shape index (κ1) is 9.09. The Balaban J connectivity index is 2.83. The first-order valence-electron chi connectivity index (χ1n) is 4.48. The molecule has 1 unspecified atom stereocenters. The van der Waals surface area contributed by atoms with E-state index in [1.807, 2.05) is 0 Å². The van der Waals surface area contributed by atoms with Gasteiger partial charge in [0, 0.05) is 29.4 Å². The molecule has 0 saturated carbocycles. The van der Waals surface area contributed by atoms with E-state index in [0.29, 0.717) is 5.56 Å². The molecule has 0 bridgehead atoms. The summed E-state index contributed by atoms with van der Waals surface area (Å²) in [7, 11) is 0. The van der Waals surface area contributed by atoms with E-state index >= 15 is 0 Å². The summed E-state index contributed by atoms with van der Waals surface area (Å²) in [6.07, 6.45) is 3.36. The van der Waals surface area contributed by atoms with Crippen LogP contribution in [0.4, 0.5) is 4.39 Å². The molecular weight excluding hydrogens is 179 g/mol. The Labute approximate surface area is 81.6 Å². The summed E-state index contributed by atoms with van der Waals surface area (Å²) in [5, 5.41) is 1.76. The van der Waals surface area contributed by atoms with E-state index in [1.165, 1.54) is 6.07 Å². The van der Waals surface area contributed by atoms with Crippen molar-refractivity contribution in [2.75, 3.05) is 0 Å². The Bertz CT molecular complexity index is 466. The molecule has 0 amide bonds.